The molecule has 3 heterocycles. The lowest BCUT2D eigenvalue weighted by Crippen LogP contribution is -2.40. The minimum absolute atomic E-state index is 0.133. The second kappa shape index (κ2) is 10.2. The SMILES string of the molecule is Cc1nc([C@@H]2CCCN2C(=O)CN2CCCCCC2)ncc1C(=O)Nc1ccc(F)cc1. The maximum atomic E-state index is 13.1. The van der Waals surface area contributed by atoms with Gasteiger partial charge in [0.25, 0.3) is 5.91 Å². The van der Waals surface area contributed by atoms with Crippen molar-refractivity contribution in [1.29, 1.82) is 0 Å². The van der Waals surface area contributed by atoms with E-state index in [9.17, 15) is 14.0 Å². The van der Waals surface area contributed by atoms with Crippen molar-refractivity contribution < 1.29 is 14.0 Å². The van der Waals surface area contributed by atoms with E-state index in [1.165, 1.54) is 43.3 Å². The quantitative estimate of drug-likeness (QED) is 0.768. The first-order chi connectivity index (χ1) is 15.5. The van der Waals surface area contributed by atoms with Crippen LogP contribution in [0.1, 0.15) is 66.4 Å². The standard InChI is InChI=1S/C24H30FN5O2/c1-17-20(24(32)28-19-10-8-18(25)9-11-19)15-26-23(27-17)21-7-6-14-30(21)22(31)16-29-12-4-2-3-5-13-29/h8-11,15,21H,2-7,12-14,16H2,1H3,(H,28,32)/t21-/m0/s1. The summed E-state index contributed by atoms with van der Waals surface area (Å²) in [5, 5.41) is 2.74. The summed E-state index contributed by atoms with van der Waals surface area (Å²) in [6, 6.07) is 5.44. The van der Waals surface area contributed by atoms with E-state index in [0.29, 0.717) is 35.9 Å². The predicted molar refractivity (Wildman–Crippen MR) is 120 cm³/mol. The van der Waals surface area contributed by atoms with E-state index in [1.807, 2.05) is 4.90 Å². The van der Waals surface area contributed by atoms with Crippen LogP contribution >= 0.6 is 0 Å². The Balaban J connectivity index is 1.43. The van der Waals surface area contributed by atoms with E-state index < -0.39 is 0 Å². The fraction of sp³-hybridized carbons (Fsp3) is 0.500. The van der Waals surface area contributed by atoms with E-state index in [4.69, 9.17) is 0 Å². The minimum atomic E-state index is -0.363. The number of hydrogen-bond acceptors (Lipinski definition) is 5. The highest BCUT2D eigenvalue weighted by molar-refractivity contribution is 6.04. The van der Waals surface area contributed by atoms with E-state index in [0.717, 1.165) is 38.8 Å². The highest BCUT2D eigenvalue weighted by Gasteiger charge is 2.33. The minimum Gasteiger partial charge on any atom is -0.331 e. The average molecular weight is 440 g/mol. The van der Waals surface area contributed by atoms with Crippen molar-refractivity contribution in [2.75, 3.05) is 31.5 Å². The fourth-order valence-electron chi connectivity index (χ4n) is 4.51. The molecule has 2 amide bonds. The molecule has 1 N–H and O–H groups in total. The van der Waals surface area contributed by atoms with Crippen molar-refractivity contribution in [2.45, 2.75) is 51.5 Å². The number of anilines is 1. The summed E-state index contributed by atoms with van der Waals surface area (Å²) < 4.78 is 13.1. The Morgan fingerprint density at radius 2 is 1.78 bits per heavy atom. The van der Waals surface area contributed by atoms with Crippen LogP contribution in [0.5, 0.6) is 0 Å². The van der Waals surface area contributed by atoms with Crippen molar-refractivity contribution in [3.8, 4) is 0 Å². The third-order valence-corrected chi connectivity index (χ3v) is 6.27. The molecule has 0 spiro atoms. The van der Waals surface area contributed by atoms with Crippen LogP contribution in [0, 0.1) is 12.7 Å². The lowest BCUT2D eigenvalue weighted by Gasteiger charge is -2.27. The van der Waals surface area contributed by atoms with Crippen LogP contribution in [0.25, 0.3) is 0 Å². The summed E-state index contributed by atoms with van der Waals surface area (Å²) in [4.78, 5) is 38.9. The summed E-state index contributed by atoms with van der Waals surface area (Å²) in [7, 11) is 0. The number of amides is 2. The molecule has 0 aliphatic carbocycles. The fourth-order valence-corrected chi connectivity index (χ4v) is 4.51. The molecule has 2 aliphatic rings. The molecule has 0 radical (unpaired) electrons. The van der Waals surface area contributed by atoms with E-state index in [2.05, 4.69) is 20.2 Å². The Labute approximate surface area is 188 Å². The molecule has 7 nitrogen and oxygen atoms in total. The maximum absolute atomic E-state index is 13.1. The molecule has 2 fully saturated rings. The Bertz CT molecular complexity index is 957. The highest BCUT2D eigenvalue weighted by Crippen LogP contribution is 2.30. The number of hydrogen-bond donors (Lipinski definition) is 1. The summed E-state index contributed by atoms with van der Waals surface area (Å²) in [5.74, 6) is 0.0101. The number of benzene rings is 1. The highest BCUT2D eigenvalue weighted by atomic mass is 19.1. The second-order valence-corrected chi connectivity index (χ2v) is 8.62. The van der Waals surface area contributed by atoms with Crippen LogP contribution in [-0.4, -0.2) is 57.8 Å². The Morgan fingerprint density at radius 3 is 2.47 bits per heavy atom. The van der Waals surface area contributed by atoms with Gasteiger partial charge in [0.15, 0.2) is 5.82 Å². The largest absolute Gasteiger partial charge is 0.331 e. The summed E-state index contributed by atoms with van der Waals surface area (Å²) >= 11 is 0. The molecule has 8 heteroatoms. The van der Waals surface area contributed by atoms with Crippen molar-refractivity contribution in [3.05, 3.63) is 53.4 Å². The molecule has 1 aromatic heterocycles. The molecule has 0 saturated carbocycles. The zero-order valence-corrected chi connectivity index (χ0v) is 18.5. The number of rotatable bonds is 5. The topological polar surface area (TPSA) is 78.4 Å². The second-order valence-electron chi connectivity index (χ2n) is 8.62. The average Bonchev–Trinajstić information content (AvgIpc) is 3.14. The lowest BCUT2D eigenvalue weighted by atomic mass is 10.1. The molecule has 2 saturated heterocycles. The number of nitrogens with zero attached hydrogens (tertiary/aromatic N) is 4. The van der Waals surface area contributed by atoms with Gasteiger partial charge < -0.3 is 10.2 Å². The normalized spacial score (nSPS) is 19.6. The van der Waals surface area contributed by atoms with Crippen LogP contribution in [0.3, 0.4) is 0 Å². The van der Waals surface area contributed by atoms with Gasteiger partial charge in [0, 0.05) is 18.4 Å². The molecule has 4 rings (SSSR count). The molecule has 2 aromatic rings. The molecule has 32 heavy (non-hydrogen) atoms. The van der Waals surface area contributed by atoms with Crippen molar-refractivity contribution in [1.82, 2.24) is 19.8 Å². The van der Waals surface area contributed by atoms with Gasteiger partial charge in [-0.1, -0.05) is 12.8 Å². The first kappa shape index (κ1) is 22.3. The number of carbonyl (C=O) groups is 2. The van der Waals surface area contributed by atoms with Crippen molar-refractivity contribution >= 4 is 17.5 Å². The van der Waals surface area contributed by atoms with Gasteiger partial charge in [-0.25, -0.2) is 14.4 Å². The number of aryl methyl sites for hydroxylation is 1. The van der Waals surface area contributed by atoms with E-state index >= 15 is 0 Å². The van der Waals surface area contributed by atoms with Gasteiger partial charge >= 0.3 is 0 Å². The summed E-state index contributed by atoms with van der Waals surface area (Å²) in [5.41, 5.74) is 1.42. The number of halogens is 1. The van der Waals surface area contributed by atoms with Crippen LogP contribution in [0.15, 0.2) is 30.5 Å². The number of carbonyl (C=O) groups excluding carboxylic acids is 2. The molecular weight excluding hydrogens is 409 g/mol. The van der Waals surface area contributed by atoms with Gasteiger partial charge in [0.05, 0.1) is 23.8 Å². The van der Waals surface area contributed by atoms with Gasteiger partial charge in [0.2, 0.25) is 5.91 Å². The van der Waals surface area contributed by atoms with Gasteiger partial charge in [-0.3, -0.25) is 14.5 Å². The number of nitrogens with one attached hydrogen (secondary N) is 1. The monoisotopic (exact) mass is 439 g/mol. The molecule has 170 valence electrons. The van der Waals surface area contributed by atoms with E-state index in [-0.39, 0.29) is 23.7 Å². The molecular formula is C24H30FN5O2. The third-order valence-electron chi connectivity index (χ3n) is 6.27. The molecule has 0 bridgehead atoms. The summed E-state index contributed by atoms with van der Waals surface area (Å²) in [6.45, 7) is 4.90. The van der Waals surface area contributed by atoms with Crippen LogP contribution in [-0.2, 0) is 4.79 Å². The lowest BCUT2D eigenvalue weighted by molar-refractivity contribution is -0.133. The van der Waals surface area contributed by atoms with Crippen molar-refractivity contribution in [2.24, 2.45) is 0 Å². The zero-order chi connectivity index (χ0) is 22.5. The first-order valence-electron chi connectivity index (χ1n) is 11.4. The van der Waals surface area contributed by atoms with Crippen LogP contribution in [0.2, 0.25) is 0 Å². The zero-order valence-electron chi connectivity index (χ0n) is 18.5. The third kappa shape index (κ3) is 5.30. The van der Waals surface area contributed by atoms with Gasteiger partial charge in [-0.2, -0.15) is 0 Å². The van der Waals surface area contributed by atoms with Crippen LogP contribution in [0.4, 0.5) is 10.1 Å². The molecule has 1 atom stereocenters. The predicted octanol–water partition coefficient (Wildman–Crippen LogP) is 3.72. The van der Waals surface area contributed by atoms with Crippen LogP contribution < -0.4 is 5.32 Å². The smallest absolute Gasteiger partial charge is 0.259 e. The molecule has 0 unspecified atom stereocenters. The Hall–Kier alpha value is -2.87. The van der Waals surface area contributed by atoms with Gasteiger partial charge in [-0.15, -0.1) is 0 Å². The molecule has 2 aliphatic heterocycles. The number of likely N-dealkylation sites (tertiary alicyclic amines) is 2. The summed E-state index contributed by atoms with van der Waals surface area (Å²) in [6.07, 6.45) is 8.06. The van der Waals surface area contributed by atoms with Crippen molar-refractivity contribution in [3.63, 3.8) is 0 Å². The molecule has 1 aromatic carbocycles. The Kier molecular flexibility index (Phi) is 7.09. The van der Waals surface area contributed by atoms with Gasteiger partial charge in [0.1, 0.15) is 5.82 Å². The van der Waals surface area contributed by atoms with E-state index in [1.54, 1.807) is 6.92 Å². The maximum Gasteiger partial charge on any atom is 0.259 e. The Morgan fingerprint density at radius 1 is 1.06 bits per heavy atom. The first-order valence-corrected chi connectivity index (χ1v) is 11.4. The van der Waals surface area contributed by atoms with Gasteiger partial charge in [-0.05, 0) is 70.0 Å². The number of aromatic nitrogens is 2.